The molecule has 0 saturated carbocycles. The van der Waals surface area contributed by atoms with Gasteiger partial charge in [-0.05, 0) is 17.3 Å². The van der Waals surface area contributed by atoms with Crippen LogP contribution in [0.3, 0.4) is 0 Å². The molecule has 1 atom stereocenters. The third kappa shape index (κ3) is 7.54. The van der Waals surface area contributed by atoms with Crippen LogP contribution in [-0.2, 0) is 17.0 Å². The number of phenols is 1. The average Bonchev–Trinajstić information content (AvgIpc) is 2.50. The molecule has 9 heteroatoms. The molecule has 27 heavy (non-hydrogen) atoms. The molecule has 0 spiro atoms. The molecule has 148 valence electrons. The molecular weight excluding hydrogens is 476 g/mol. The molecule has 2 aromatic carbocycles. The van der Waals surface area contributed by atoms with Gasteiger partial charge in [0.1, 0.15) is 17.4 Å². The first-order valence-electron chi connectivity index (χ1n) is 8.37. The molecule has 0 aliphatic rings. The maximum absolute atomic E-state index is 14.0. The van der Waals surface area contributed by atoms with Gasteiger partial charge < -0.3 is 5.11 Å². The van der Waals surface area contributed by atoms with Crippen molar-refractivity contribution in [3.05, 3.63) is 42.0 Å². The van der Waals surface area contributed by atoms with Crippen molar-refractivity contribution in [3.63, 3.8) is 0 Å². The Balaban J connectivity index is 0.00000114. The van der Waals surface area contributed by atoms with Crippen LogP contribution in [-0.4, -0.2) is 21.3 Å². The van der Waals surface area contributed by atoms with Gasteiger partial charge in [-0.1, -0.05) is 65.2 Å². The summed E-state index contributed by atoms with van der Waals surface area (Å²) in [5, 5.41) is 14.3. The second-order valence-corrected chi connectivity index (χ2v) is 22.3. The van der Waals surface area contributed by atoms with Crippen molar-refractivity contribution < 1.29 is 30.9 Å². The van der Waals surface area contributed by atoms with Gasteiger partial charge in [-0.15, -0.1) is 0 Å². The van der Waals surface area contributed by atoms with Gasteiger partial charge in [0.25, 0.3) is 0 Å². The Kier molecular flexibility index (Phi) is 9.68. The van der Waals surface area contributed by atoms with E-state index < -0.39 is 44.8 Å². The minimum absolute atomic E-state index is 0.0255. The summed E-state index contributed by atoms with van der Waals surface area (Å²) in [5.74, 6) is -0.845. The van der Waals surface area contributed by atoms with Gasteiger partial charge in [0.2, 0.25) is 0 Å². The molecule has 0 aromatic heterocycles. The summed E-state index contributed by atoms with van der Waals surface area (Å²) >= 11 is -0.556. The normalized spacial score (nSPS) is 12.1. The zero-order valence-corrected chi connectivity index (χ0v) is 22.4. The first kappa shape index (κ1) is 25.3. The molecule has 1 N–H and O–H groups in total. The maximum atomic E-state index is 14.0. The van der Waals surface area contributed by atoms with E-state index in [1.165, 1.54) is 17.3 Å². The number of phenolic OH excluding ortho intramolecular Hbond substituents is 1. The summed E-state index contributed by atoms with van der Waals surface area (Å²) in [5.41, 5.74) is 0. The van der Waals surface area contributed by atoms with E-state index in [9.17, 15) is 13.9 Å². The Bertz CT molecular complexity index is 796. The van der Waals surface area contributed by atoms with Gasteiger partial charge in [-0.25, -0.2) is 8.78 Å². The molecule has 0 radical (unpaired) electrons. The van der Waals surface area contributed by atoms with Crippen LogP contribution in [0.15, 0.2) is 30.3 Å². The summed E-state index contributed by atoms with van der Waals surface area (Å²) in [6.07, 6.45) is 0. The number of hydrogen-bond acceptors (Lipinski definition) is 1. The third-order valence-corrected chi connectivity index (χ3v) is 9.33. The number of rotatable bonds is 4. The molecule has 1 unspecified atom stereocenters. The van der Waals surface area contributed by atoms with E-state index in [1.54, 1.807) is 0 Å². The van der Waals surface area contributed by atoms with Crippen LogP contribution in [0.4, 0.5) is 8.78 Å². The monoisotopic (exact) mass is 500 g/mol. The number of halogens is 4. The van der Waals surface area contributed by atoms with Crippen molar-refractivity contribution in [2.45, 2.75) is 39.3 Å². The summed E-state index contributed by atoms with van der Waals surface area (Å²) in [6, 6.07) is 7.82. The summed E-state index contributed by atoms with van der Waals surface area (Å²) < 4.78 is 27.2. The quantitative estimate of drug-likeness (QED) is 0.473. The van der Waals surface area contributed by atoms with Crippen LogP contribution >= 0.6 is 27.2 Å². The molecule has 0 aliphatic heterocycles. The van der Waals surface area contributed by atoms with Gasteiger partial charge in [0.15, 0.2) is 0 Å². The molecule has 1 nitrogen and oxygen atoms in total. The van der Waals surface area contributed by atoms with Crippen molar-refractivity contribution in [3.8, 4) is 5.75 Å². The third-order valence-electron chi connectivity index (χ3n) is 3.98. The Morgan fingerprint density at radius 1 is 0.889 bits per heavy atom. The van der Waals surface area contributed by atoms with Crippen molar-refractivity contribution in [1.29, 1.82) is 0 Å². The van der Waals surface area contributed by atoms with E-state index >= 15 is 0 Å². The van der Waals surface area contributed by atoms with E-state index in [0.29, 0.717) is 11.1 Å². The van der Waals surface area contributed by atoms with Crippen molar-refractivity contribution in [2.75, 3.05) is 0 Å². The Hall–Kier alpha value is 0.258. The van der Waals surface area contributed by atoms with Crippen LogP contribution in [0.5, 0.6) is 5.75 Å². The molecule has 2 aromatic rings. The predicted octanol–water partition coefficient (Wildman–Crippen LogP) is 4.77. The Labute approximate surface area is 181 Å². The Morgan fingerprint density at radius 3 is 1.89 bits per heavy atom. The van der Waals surface area contributed by atoms with Crippen LogP contribution < -0.4 is 21.0 Å². The van der Waals surface area contributed by atoms with Gasteiger partial charge >= 0.3 is 35.6 Å². The Morgan fingerprint density at radius 2 is 1.44 bits per heavy atom. The van der Waals surface area contributed by atoms with Crippen LogP contribution in [0.1, 0.15) is 0 Å². The zero-order chi connectivity index (χ0) is 21.0. The number of benzene rings is 2. The van der Waals surface area contributed by atoms with Gasteiger partial charge in [-0.2, -0.15) is 0 Å². The average molecular weight is 501 g/mol. The SMILES string of the molecule is C[Si](C)(C)c1cc(Pc2ccc(F)cc2F)c(O)c([Si](C)(C)C)c1.[Cl][Ti][Cl]. The second-order valence-electron chi connectivity index (χ2n) is 8.24. The van der Waals surface area contributed by atoms with E-state index in [0.717, 1.165) is 16.6 Å². The van der Waals surface area contributed by atoms with E-state index in [1.807, 2.05) is 6.07 Å². The van der Waals surface area contributed by atoms with Crippen LogP contribution in [0, 0.1) is 11.6 Å². The fraction of sp³-hybridized carbons (Fsp3) is 0.333. The summed E-state index contributed by atoms with van der Waals surface area (Å²) in [6.45, 7) is 13.4. The summed E-state index contributed by atoms with van der Waals surface area (Å²) in [4.78, 5) is 0. The zero-order valence-electron chi connectivity index (χ0n) is 16.3. The molecule has 0 bridgehead atoms. The topological polar surface area (TPSA) is 20.2 Å². The predicted molar refractivity (Wildman–Crippen MR) is 120 cm³/mol. The second kappa shape index (κ2) is 10.3. The molecule has 0 fully saturated rings. The van der Waals surface area contributed by atoms with E-state index in [4.69, 9.17) is 18.6 Å². The first-order chi connectivity index (χ1) is 12.3. The van der Waals surface area contributed by atoms with Crippen molar-refractivity contribution >= 4 is 64.3 Å². The fourth-order valence-corrected chi connectivity index (χ4v) is 6.60. The number of aromatic hydroxyl groups is 1. The molecule has 2 rings (SSSR count). The standard InChI is InChI=1S/C18H25F2OPSi2.2ClH.Ti/c1-23(2,3)13-10-16(18(21)17(11-13)24(4,5)6)22-15-8-7-12(19)9-14(15)20;;;/h7-11,21-22H,1-6H3;2*1H;/q;;;+2/p-2. The molecular formula is C18H25Cl2F2OPSi2Ti. The fourth-order valence-electron chi connectivity index (χ4n) is 2.47. The van der Waals surface area contributed by atoms with Gasteiger partial charge in [0.05, 0.1) is 16.1 Å². The first-order valence-corrected chi connectivity index (χ1v) is 20.7. The summed E-state index contributed by atoms with van der Waals surface area (Å²) in [7, 11) is 6.44. The van der Waals surface area contributed by atoms with Crippen LogP contribution in [0.25, 0.3) is 0 Å². The molecule has 0 aliphatic carbocycles. The van der Waals surface area contributed by atoms with E-state index in [2.05, 4.69) is 45.3 Å². The molecule has 0 saturated heterocycles. The molecule has 0 amide bonds. The molecule has 0 heterocycles. The van der Waals surface area contributed by atoms with Crippen molar-refractivity contribution in [2.24, 2.45) is 0 Å². The van der Waals surface area contributed by atoms with Crippen LogP contribution in [0.2, 0.25) is 39.3 Å². The van der Waals surface area contributed by atoms with Gasteiger partial charge in [-0.3, -0.25) is 0 Å². The van der Waals surface area contributed by atoms with Crippen molar-refractivity contribution in [1.82, 2.24) is 0 Å². The van der Waals surface area contributed by atoms with Gasteiger partial charge in [0, 0.05) is 16.7 Å². The minimum atomic E-state index is -1.74. The number of hydrogen-bond donors (Lipinski definition) is 1. The van der Waals surface area contributed by atoms with E-state index in [-0.39, 0.29) is 8.58 Å².